The van der Waals surface area contributed by atoms with Gasteiger partial charge in [-0.2, -0.15) is 0 Å². The van der Waals surface area contributed by atoms with Gasteiger partial charge >= 0.3 is 0 Å². The van der Waals surface area contributed by atoms with E-state index < -0.39 is 0 Å². The van der Waals surface area contributed by atoms with E-state index >= 15 is 0 Å². The molecule has 18 heavy (non-hydrogen) atoms. The van der Waals surface area contributed by atoms with E-state index in [2.05, 4.69) is 41.5 Å². The summed E-state index contributed by atoms with van der Waals surface area (Å²) in [6.07, 6.45) is 5.39. The molecule has 1 heterocycles. The van der Waals surface area contributed by atoms with E-state index in [1.807, 2.05) is 0 Å². The zero-order chi connectivity index (χ0) is 12.4. The molecule has 0 aromatic heterocycles. The Morgan fingerprint density at radius 1 is 1.22 bits per heavy atom. The maximum Gasteiger partial charge on any atom is 0.0194 e. The number of nitrogens with zero attached hydrogens (tertiary/aromatic N) is 1. The van der Waals surface area contributed by atoms with Crippen molar-refractivity contribution in [3.05, 3.63) is 35.4 Å². The fourth-order valence-electron chi connectivity index (χ4n) is 3.43. The van der Waals surface area contributed by atoms with Gasteiger partial charge < -0.3 is 10.2 Å². The number of hydrogen-bond donors (Lipinski definition) is 1. The van der Waals surface area contributed by atoms with Gasteiger partial charge in [0.25, 0.3) is 0 Å². The van der Waals surface area contributed by atoms with Gasteiger partial charge in [-0.3, -0.25) is 0 Å². The maximum absolute atomic E-state index is 3.64. The largest absolute Gasteiger partial charge is 0.313 e. The quantitative estimate of drug-likeness (QED) is 0.875. The molecule has 3 rings (SSSR count). The molecule has 2 aliphatic rings. The molecule has 1 aromatic carbocycles. The Kier molecular flexibility index (Phi) is 3.67. The SMILES string of the molecule is CN(CC1CCCCN1)CC1Cc2ccccc21. The number of likely N-dealkylation sites (N-methyl/N-ethyl adjacent to an activating group) is 1. The van der Waals surface area contributed by atoms with Crippen molar-refractivity contribution < 1.29 is 0 Å². The summed E-state index contributed by atoms with van der Waals surface area (Å²) < 4.78 is 0. The van der Waals surface area contributed by atoms with Gasteiger partial charge in [-0.15, -0.1) is 0 Å². The normalized spacial score (nSPS) is 26.8. The first-order valence-electron chi connectivity index (χ1n) is 7.32. The number of rotatable bonds is 4. The number of fused-ring (bicyclic) bond motifs is 1. The molecule has 2 heteroatoms. The van der Waals surface area contributed by atoms with Crippen LogP contribution in [0.5, 0.6) is 0 Å². The first-order chi connectivity index (χ1) is 8.83. The van der Waals surface area contributed by atoms with E-state index in [0.717, 1.165) is 12.0 Å². The summed E-state index contributed by atoms with van der Waals surface area (Å²) in [6.45, 7) is 3.64. The average molecular weight is 244 g/mol. The van der Waals surface area contributed by atoms with Crippen molar-refractivity contribution in [2.45, 2.75) is 37.6 Å². The molecular weight excluding hydrogens is 220 g/mol. The zero-order valence-corrected chi connectivity index (χ0v) is 11.4. The van der Waals surface area contributed by atoms with Crippen LogP contribution in [0.1, 0.15) is 36.3 Å². The number of piperidine rings is 1. The summed E-state index contributed by atoms with van der Waals surface area (Å²) in [7, 11) is 2.28. The topological polar surface area (TPSA) is 15.3 Å². The second kappa shape index (κ2) is 5.41. The molecule has 1 aromatic rings. The first kappa shape index (κ1) is 12.2. The molecule has 0 spiro atoms. The van der Waals surface area contributed by atoms with Crippen molar-refractivity contribution in [1.82, 2.24) is 10.2 Å². The summed E-state index contributed by atoms with van der Waals surface area (Å²) in [5.74, 6) is 0.773. The summed E-state index contributed by atoms with van der Waals surface area (Å²) >= 11 is 0. The van der Waals surface area contributed by atoms with Crippen LogP contribution < -0.4 is 5.32 Å². The van der Waals surface area contributed by atoms with Crippen molar-refractivity contribution in [3.63, 3.8) is 0 Å². The van der Waals surface area contributed by atoms with Crippen LogP contribution in [-0.4, -0.2) is 37.6 Å². The molecular formula is C16H24N2. The second-order valence-electron chi connectivity index (χ2n) is 5.97. The van der Waals surface area contributed by atoms with Crippen molar-refractivity contribution >= 4 is 0 Å². The minimum absolute atomic E-state index is 0.721. The molecule has 2 atom stereocenters. The average Bonchev–Trinajstić information content (AvgIpc) is 2.37. The highest BCUT2D eigenvalue weighted by Gasteiger charge is 2.27. The van der Waals surface area contributed by atoms with E-state index in [0.29, 0.717) is 0 Å². The van der Waals surface area contributed by atoms with Crippen LogP contribution in [0.3, 0.4) is 0 Å². The van der Waals surface area contributed by atoms with E-state index in [4.69, 9.17) is 0 Å². The summed E-state index contributed by atoms with van der Waals surface area (Å²) in [5.41, 5.74) is 3.15. The minimum atomic E-state index is 0.721. The molecule has 0 bridgehead atoms. The predicted octanol–water partition coefficient (Wildman–Crippen LogP) is 2.40. The lowest BCUT2D eigenvalue weighted by Gasteiger charge is -2.35. The third kappa shape index (κ3) is 2.60. The van der Waals surface area contributed by atoms with E-state index in [1.165, 1.54) is 45.3 Å². The van der Waals surface area contributed by atoms with Gasteiger partial charge in [-0.1, -0.05) is 30.7 Å². The lowest BCUT2D eigenvalue weighted by atomic mass is 9.77. The minimum Gasteiger partial charge on any atom is -0.313 e. The summed E-state index contributed by atoms with van der Waals surface area (Å²) in [6, 6.07) is 9.63. The van der Waals surface area contributed by atoms with Crippen LogP contribution in [-0.2, 0) is 6.42 Å². The number of benzene rings is 1. The van der Waals surface area contributed by atoms with E-state index in [-0.39, 0.29) is 0 Å². The number of nitrogens with one attached hydrogen (secondary N) is 1. The van der Waals surface area contributed by atoms with E-state index in [9.17, 15) is 0 Å². The molecule has 0 radical (unpaired) electrons. The van der Waals surface area contributed by atoms with Gasteiger partial charge in [0.05, 0.1) is 0 Å². The lowest BCUT2D eigenvalue weighted by Crippen LogP contribution is -2.44. The van der Waals surface area contributed by atoms with Crippen molar-refractivity contribution in [2.24, 2.45) is 0 Å². The van der Waals surface area contributed by atoms with E-state index in [1.54, 1.807) is 11.1 Å². The predicted molar refractivity (Wildman–Crippen MR) is 76.0 cm³/mol. The van der Waals surface area contributed by atoms with Crippen LogP contribution in [0.25, 0.3) is 0 Å². The molecule has 0 saturated carbocycles. The fraction of sp³-hybridized carbons (Fsp3) is 0.625. The Hall–Kier alpha value is -0.860. The smallest absolute Gasteiger partial charge is 0.0194 e. The molecule has 1 N–H and O–H groups in total. The third-order valence-corrected chi connectivity index (χ3v) is 4.44. The van der Waals surface area contributed by atoms with Crippen LogP contribution >= 0.6 is 0 Å². The Morgan fingerprint density at radius 2 is 2.11 bits per heavy atom. The van der Waals surface area contributed by atoms with Gasteiger partial charge in [0.1, 0.15) is 0 Å². The van der Waals surface area contributed by atoms with Gasteiger partial charge in [0.2, 0.25) is 0 Å². The van der Waals surface area contributed by atoms with Crippen LogP contribution in [0, 0.1) is 0 Å². The lowest BCUT2D eigenvalue weighted by molar-refractivity contribution is 0.244. The summed E-state index contributed by atoms with van der Waals surface area (Å²) in [4.78, 5) is 2.52. The Balaban J connectivity index is 1.49. The van der Waals surface area contributed by atoms with Gasteiger partial charge in [-0.05, 0) is 44.0 Å². The second-order valence-corrected chi connectivity index (χ2v) is 5.97. The third-order valence-electron chi connectivity index (χ3n) is 4.44. The Bertz CT molecular complexity index is 396. The molecule has 1 saturated heterocycles. The Labute approximate surface area is 110 Å². The van der Waals surface area contributed by atoms with Gasteiger partial charge in [-0.25, -0.2) is 0 Å². The van der Waals surface area contributed by atoms with Crippen molar-refractivity contribution in [2.75, 3.05) is 26.7 Å². The molecule has 98 valence electrons. The van der Waals surface area contributed by atoms with Crippen LogP contribution in [0.4, 0.5) is 0 Å². The van der Waals surface area contributed by atoms with Crippen molar-refractivity contribution in [3.8, 4) is 0 Å². The molecule has 2 unspecified atom stereocenters. The zero-order valence-electron chi connectivity index (χ0n) is 11.4. The van der Waals surface area contributed by atoms with Crippen LogP contribution in [0.15, 0.2) is 24.3 Å². The standard InChI is InChI=1S/C16H24N2/c1-18(12-15-7-4-5-9-17-15)11-14-10-13-6-2-3-8-16(13)14/h2-3,6,8,14-15,17H,4-5,7,9-12H2,1H3. The van der Waals surface area contributed by atoms with Crippen LogP contribution in [0.2, 0.25) is 0 Å². The monoisotopic (exact) mass is 244 g/mol. The maximum atomic E-state index is 3.64. The highest BCUT2D eigenvalue weighted by atomic mass is 15.1. The summed E-state index contributed by atoms with van der Waals surface area (Å²) in [5, 5.41) is 3.64. The number of hydrogen-bond acceptors (Lipinski definition) is 2. The van der Waals surface area contributed by atoms with Gasteiger partial charge in [0.15, 0.2) is 0 Å². The van der Waals surface area contributed by atoms with Gasteiger partial charge in [0, 0.05) is 25.0 Å². The highest BCUT2D eigenvalue weighted by molar-refractivity contribution is 5.40. The molecule has 2 nitrogen and oxygen atoms in total. The molecule has 1 fully saturated rings. The molecule has 1 aliphatic heterocycles. The fourth-order valence-corrected chi connectivity index (χ4v) is 3.43. The first-order valence-corrected chi connectivity index (χ1v) is 7.32. The highest BCUT2D eigenvalue weighted by Crippen LogP contribution is 2.35. The molecule has 0 amide bonds. The van der Waals surface area contributed by atoms with Crippen molar-refractivity contribution in [1.29, 1.82) is 0 Å². The Morgan fingerprint density at radius 3 is 2.89 bits per heavy atom. The molecule has 1 aliphatic carbocycles.